The molecule has 1 aromatic rings. The molecule has 0 heterocycles. The van der Waals surface area contributed by atoms with E-state index in [4.69, 9.17) is 0 Å². The van der Waals surface area contributed by atoms with Crippen molar-refractivity contribution in [1.82, 2.24) is 10.2 Å². The molecule has 0 bridgehead atoms. The van der Waals surface area contributed by atoms with E-state index in [9.17, 15) is 0 Å². The van der Waals surface area contributed by atoms with E-state index in [1.165, 1.54) is 23.1 Å². The Morgan fingerprint density at radius 1 is 1.19 bits per heavy atom. The van der Waals surface area contributed by atoms with Crippen molar-refractivity contribution < 1.29 is 0 Å². The van der Waals surface area contributed by atoms with E-state index in [0.717, 1.165) is 19.6 Å². The fourth-order valence-electron chi connectivity index (χ4n) is 1.79. The average molecular weight is 220 g/mol. The highest BCUT2D eigenvalue weighted by molar-refractivity contribution is 5.30. The van der Waals surface area contributed by atoms with Gasteiger partial charge in [-0.05, 0) is 58.6 Å². The maximum atomic E-state index is 3.49. The molecule has 0 radical (unpaired) electrons. The largest absolute Gasteiger partial charge is 0.313 e. The van der Waals surface area contributed by atoms with E-state index < -0.39 is 0 Å². The van der Waals surface area contributed by atoms with Crippen LogP contribution in [0.3, 0.4) is 0 Å². The lowest BCUT2D eigenvalue weighted by molar-refractivity contribution is 0.394. The van der Waals surface area contributed by atoms with Gasteiger partial charge in [0.15, 0.2) is 0 Å². The molecule has 1 N–H and O–H groups in total. The standard InChI is InChI=1S/C14H24N2/c1-12-6-7-14(13(2)10-12)11-15-8-5-9-16(3)4/h6-7,10,15H,5,8-9,11H2,1-4H3. The maximum absolute atomic E-state index is 3.49. The summed E-state index contributed by atoms with van der Waals surface area (Å²) in [6.07, 6.45) is 1.21. The highest BCUT2D eigenvalue weighted by atomic mass is 15.0. The van der Waals surface area contributed by atoms with Crippen LogP contribution in [-0.4, -0.2) is 32.1 Å². The van der Waals surface area contributed by atoms with Crippen LogP contribution in [-0.2, 0) is 6.54 Å². The normalized spacial score (nSPS) is 11.1. The van der Waals surface area contributed by atoms with Gasteiger partial charge in [0.2, 0.25) is 0 Å². The molecule has 0 spiro atoms. The second-order valence-corrected chi connectivity index (χ2v) is 4.76. The fraction of sp³-hybridized carbons (Fsp3) is 0.571. The minimum absolute atomic E-state index is 0.986. The predicted octanol–water partition coefficient (Wildman–Crippen LogP) is 2.34. The van der Waals surface area contributed by atoms with Crippen LogP contribution in [0, 0.1) is 13.8 Å². The van der Waals surface area contributed by atoms with E-state index >= 15 is 0 Å². The third-order valence-electron chi connectivity index (χ3n) is 2.77. The highest BCUT2D eigenvalue weighted by Crippen LogP contribution is 2.09. The first kappa shape index (κ1) is 13.2. The van der Waals surface area contributed by atoms with Crippen LogP contribution in [0.1, 0.15) is 23.1 Å². The topological polar surface area (TPSA) is 15.3 Å². The van der Waals surface area contributed by atoms with Gasteiger partial charge in [-0.2, -0.15) is 0 Å². The van der Waals surface area contributed by atoms with Crippen molar-refractivity contribution in [3.8, 4) is 0 Å². The summed E-state index contributed by atoms with van der Waals surface area (Å²) in [5, 5.41) is 3.49. The quantitative estimate of drug-likeness (QED) is 0.740. The van der Waals surface area contributed by atoms with E-state index in [2.05, 4.69) is 56.4 Å². The van der Waals surface area contributed by atoms with Crippen molar-refractivity contribution in [2.24, 2.45) is 0 Å². The third-order valence-corrected chi connectivity index (χ3v) is 2.77. The minimum atomic E-state index is 0.986. The molecule has 0 aliphatic heterocycles. The summed E-state index contributed by atoms with van der Waals surface area (Å²) in [5.74, 6) is 0. The molecule has 16 heavy (non-hydrogen) atoms. The zero-order valence-corrected chi connectivity index (χ0v) is 11.0. The SMILES string of the molecule is Cc1ccc(CNCCCN(C)C)c(C)c1. The van der Waals surface area contributed by atoms with Gasteiger partial charge >= 0.3 is 0 Å². The number of hydrogen-bond donors (Lipinski definition) is 1. The van der Waals surface area contributed by atoms with Crippen LogP contribution >= 0.6 is 0 Å². The molecule has 0 saturated heterocycles. The van der Waals surface area contributed by atoms with Crippen molar-refractivity contribution in [3.05, 3.63) is 34.9 Å². The highest BCUT2D eigenvalue weighted by Gasteiger charge is 1.98. The number of rotatable bonds is 6. The first-order valence-electron chi connectivity index (χ1n) is 6.01. The second kappa shape index (κ2) is 6.66. The lowest BCUT2D eigenvalue weighted by Gasteiger charge is -2.11. The number of nitrogens with zero attached hydrogens (tertiary/aromatic N) is 1. The summed E-state index contributed by atoms with van der Waals surface area (Å²) in [6, 6.07) is 6.66. The first-order valence-corrected chi connectivity index (χ1v) is 6.01. The molecule has 2 nitrogen and oxygen atoms in total. The summed E-state index contributed by atoms with van der Waals surface area (Å²) in [7, 11) is 4.23. The monoisotopic (exact) mass is 220 g/mol. The smallest absolute Gasteiger partial charge is 0.0208 e. The van der Waals surface area contributed by atoms with Gasteiger partial charge in [0, 0.05) is 6.54 Å². The molecule has 90 valence electrons. The number of nitrogens with one attached hydrogen (secondary N) is 1. The van der Waals surface area contributed by atoms with Gasteiger partial charge in [-0.15, -0.1) is 0 Å². The van der Waals surface area contributed by atoms with Crippen LogP contribution in [0.2, 0.25) is 0 Å². The lowest BCUT2D eigenvalue weighted by atomic mass is 10.1. The second-order valence-electron chi connectivity index (χ2n) is 4.76. The van der Waals surface area contributed by atoms with Crippen LogP contribution in [0.5, 0.6) is 0 Å². The molecule has 0 amide bonds. The fourth-order valence-corrected chi connectivity index (χ4v) is 1.79. The Morgan fingerprint density at radius 3 is 2.56 bits per heavy atom. The molecule has 0 aliphatic rings. The molecule has 0 aliphatic carbocycles. The predicted molar refractivity (Wildman–Crippen MR) is 70.8 cm³/mol. The zero-order chi connectivity index (χ0) is 12.0. The molecule has 0 aromatic heterocycles. The van der Waals surface area contributed by atoms with Crippen molar-refractivity contribution >= 4 is 0 Å². The van der Waals surface area contributed by atoms with Crippen molar-refractivity contribution in [2.45, 2.75) is 26.8 Å². The molecular formula is C14H24N2. The summed E-state index contributed by atoms with van der Waals surface area (Å²) in [4.78, 5) is 2.22. The van der Waals surface area contributed by atoms with Crippen molar-refractivity contribution in [2.75, 3.05) is 27.2 Å². The number of aryl methyl sites for hydroxylation is 2. The minimum Gasteiger partial charge on any atom is -0.313 e. The zero-order valence-electron chi connectivity index (χ0n) is 11.0. The Bertz CT molecular complexity index is 319. The molecule has 0 saturated carbocycles. The van der Waals surface area contributed by atoms with Crippen molar-refractivity contribution in [1.29, 1.82) is 0 Å². The Morgan fingerprint density at radius 2 is 1.94 bits per heavy atom. The number of benzene rings is 1. The molecule has 0 fully saturated rings. The molecule has 2 heteroatoms. The Kier molecular flexibility index (Phi) is 5.50. The van der Waals surface area contributed by atoms with Crippen molar-refractivity contribution in [3.63, 3.8) is 0 Å². The third kappa shape index (κ3) is 4.77. The molecule has 1 rings (SSSR count). The van der Waals surface area contributed by atoms with Crippen LogP contribution in [0.25, 0.3) is 0 Å². The van der Waals surface area contributed by atoms with E-state index in [1.54, 1.807) is 0 Å². The first-order chi connectivity index (χ1) is 7.59. The Hall–Kier alpha value is -0.860. The van der Waals surface area contributed by atoms with Gasteiger partial charge in [-0.25, -0.2) is 0 Å². The van der Waals surface area contributed by atoms with Gasteiger partial charge in [0.25, 0.3) is 0 Å². The van der Waals surface area contributed by atoms with E-state index in [-0.39, 0.29) is 0 Å². The summed E-state index contributed by atoms with van der Waals surface area (Å²) < 4.78 is 0. The lowest BCUT2D eigenvalue weighted by Crippen LogP contribution is -2.21. The average Bonchev–Trinajstić information content (AvgIpc) is 2.20. The van der Waals surface area contributed by atoms with E-state index in [1.807, 2.05) is 0 Å². The Balaban J connectivity index is 2.27. The Labute approximate surface area is 99.7 Å². The van der Waals surface area contributed by atoms with Crippen LogP contribution in [0.15, 0.2) is 18.2 Å². The summed E-state index contributed by atoms with van der Waals surface area (Å²) in [5.41, 5.74) is 4.14. The van der Waals surface area contributed by atoms with Gasteiger partial charge in [0.1, 0.15) is 0 Å². The summed E-state index contributed by atoms with van der Waals surface area (Å²) in [6.45, 7) is 7.55. The number of hydrogen-bond acceptors (Lipinski definition) is 2. The van der Waals surface area contributed by atoms with Gasteiger partial charge in [-0.1, -0.05) is 23.8 Å². The van der Waals surface area contributed by atoms with Gasteiger partial charge < -0.3 is 10.2 Å². The van der Waals surface area contributed by atoms with Crippen LogP contribution < -0.4 is 5.32 Å². The molecular weight excluding hydrogens is 196 g/mol. The van der Waals surface area contributed by atoms with Gasteiger partial charge in [0.05, 0.1) is 0 Å². The molecule has 0 atom stereocenters. The van der Waals surface area contributed by atoms with E-state index in [0.29, 0.717) is 0 Å². The summed E-state index contributed by atoms with van der Waals surface area (Å²) >= 11 is 0. The van der Waals surface area contributed by atoms with Gasteiger partial charge in [-0.3, -0.25) is 0 Å². The molecule has 1 aromatic carbocycles. The van der Waals surface area contributed by atoms with Crippen LogP contribution in [0.4, 0.5) is 0 Å². The molecule has 0 unspecified atom stereocenters. The maximum Gasteiger partial charge on any atom is 0.0208 e.